The van der Waals surface area contributed by atoms with Gasteiger partial charge in [0, 0.05) is 13.1 Å². The summed E-state index contributed by atoms with van der Waals surface area (Å²) < 4.78 is 24.3. The zero-order valence-corrected chi connectivity index (χ0v) is 11.9. The lowest BCUT2D eigenvalue weighted by atomic mass is 10.2. The molecule has 6 nitrogen and oxygen atoms in total. The normalized spacial score (nSPS) is 15.8. The van der Waals surface area contributed by atoms with Crippen LogP contribution in [0.5, 0.6) is 0 Å². The van der Waals surface area contributed by atoms with Crippen LogP contribution in [-0.4, -0.2) is 50.5 Å². The van der Waals surface area contributed by atoms with Gasteiger partial charge in [0.15, 0.2) is 9.84 Å². The van der Waals surface area contributed by atoms with E-state index in [1.165, 1.54) is 17.0 Å². The van der Waals surface area contributed by atoms with Crippen molar-refractivity contribution in [1.29, 1.82) is 0 Å². The Balaban J connectivity index is 2.09. The van der Waals surface area contributed by atoms with Crippen LogP contribution in [0.1, 0.15) is 5.56 Å². The number of piperazine rings is 1. The van der Waals surface area contributed by atoms with Crippen LogP contribution in [-0.2, 0) is 19.4 Å². The summed E-state index contributed by atoms with van der Waals surface area (Å²) in [7, 11) is -3.67. The second kappa shape index (κ2) is 5.62. The lowest BCUT2D eigenvalue weighted by molar-refractivity contribution is -0.136. The van der Waals surface area contributed by atoms with Crippen LogP contribution >= 0.6 is 0 Å². The van der Waals surface area contributed by atoms with Gasteiger partial charge in [-0.25, -0.2) is 8.42 Å². The Hall–Kier alpha value is -1.89. The number of benzene rings is 1. The molecule has 1 fully saturated rings. The van der Waals surface area contributed by atoms with E-state index in [4.69, 9.17) is 0 Å². The quantitative estimate of drug-likeness (QED) is 0.832. The van der Waals surface area contributed by atoms with Crippen LogP contribution in [0.4, 0.5) is 0 Å². The van der Waals surface area contributed by atoms with Crippen molar-refractivity contribution >= 4 is 21.7 Å². The molecular formula is C13H16N2O4S. The van der Waals surface area contributed by atoms with E-state index in [9.17, 15) is 18.0 Å². The van der Waals surface area contributed by atoms with Gasteiger partial charge in [0.25, 0.3) is 0 Å². The van der Waals surface area contributed by atoms with Crippen molar-refractivity contribution in [2.24, 2.45) is 0 Å². The lowest BCUT2D eigenvalue weighted by Crippen LogP contribution is -2.51. The van der Waals surface area contributed by atoms with E-state index in [1.807, 2.05) is 6.92 Å². The van der Waals surface area contributed by atoms with E-state index in [0.717, 1.165) is 5.56 Å². The van der Waals surface area contributed by atoms with Crippen molar-refractivity contribution < 1.29 is 18.0 Å². The molecule has 0 aromatic heterocycles. The summed E-state index contributed by atoms with van der Waals surface area (Å²) in [6.45, 7) is 2.47. The summed E-state index contributed by atoms with van der Waals surface area (Å²) >= 11 is 0. The van der Waals surface area contributed by atoms with Gasteiger partial charge in [0.05, 0.1) is 11.4 Å². The van der Waals surface area contributed by atoms with E-state index in [2.05, 4.69) is 5.32 Å². The smallest absolute Gasteiger partial charge is 0.239 e. The zero-order valence-electron chi connectivity index (χ0n) is 11.1. The third-order valence-corrected chi connectivity index (χ3v) is 4.70. The third-order valence-electron chi connectivity index (χ3n) is 3.08. The fraction of sp³-hybridized carbons (Fsp3) is 0.385. The summed E-state index contributed by atoms with van der Waals surface area (Å²) in [5.74, 6) is -1.42. The van der Waals surface area contributed by atoms with Crippen molar-refractivity contribution in [1.82, 2.24) is 10.2 Å². The van der Waals surface area contributed by atoms with E-state index in [-0.39, 0.29) is 17.3 Å². The predicted octanol–water partition coefficient (Wildman–Crippen LogP) is -0.273. The number of amides is 2. The molecule has 20 heavy (non-hydrogen) atoms. The molecule has 0 saturated carbocycles. The van der Waals surface area contributed by atoms with E-state index >= 15 is 0 Å². The molecule has 0 aliphatic carbocycles. The monoisotopic (exact) mass is 296 g/mol. The minimum Gasteiger partial charge on any atom is -0.353 e. The maximum atomic E-state index is 12.1. The molecule has 0 atom stereocenters. The highest BCUT2D eigenvalue weighted by Gasteiger charge is 2.26. The Morgan fingerprint density at radius 1 is 1.30 bits per heavy atom. The molecule has 1 aromatic rings. The molecule has 1 aliphatic heterocycles. The summed E-state index contributed by atoms with van der Waals surface area (Å²) in [5, 5.41) is 2.59. The van der Waals surface area contributed by atoms with Crippen LogP contribution in [0.25, 0.3) is 0 Å². The maximum Gasteiger partial charge on any atom is 0.239 e. The van der Waals surface area contributed by atoms with Gasteiger partial charge in [-0.05, 0) is 19.1 Å². The number of aryl methyl sites for hydroxylation is 1. The van der Waals surface area contributed by atoms with E-state index in [0.29, 0.717) is 13.1 Å². The summed E-state index contributed by atoms with van der Waals surface area (Å²) in [6, 6.07) is 6.35. The molecule has 1 heterocycles. The number of carbonyl (C=O) groups is 2. The lowest BCUT2D eigenvalue weighted by Gasteiger charge is -2.26. The van der Waals surface area contributed by atoms with Crippen LogP contribution in [0.2, 0.25) is 0 Å². The van der Waals surface area contributed by atoms with Gasteiger partial charge in [0.1, 0.15) is 5.75 Å². The molecule has 0 bridgehead atoms. The average molecular weight is 296 g/mol. The van der Waals surface area contributed by atoms with Gasteiger partial charge in [-0.1, -0.05) is 17.7 Å². The molecule has 1 N–H and O–H groups in total. The first-order valence-corrected chi connectivity index (χ1v) is 7.87. The minimum atomic E-state index is -3.67. The van der Waals surface area contributed by atoms with Crippen molar-refractivity contribution in [2.75, 3.05) is 25.4 Å². The molecule has 1 aliphatic rings. The molecule has 1 aromatic carbocycles. The standard InChI is InChI=1S/C13H16N2O4S/c1-10-2-4-11(5-3-10)20(18,19)9-13(17)15-7-6-14-12(16)8-15/h2-5H,6-9H2,1H3,(H,14,16). The van der Waals surface area contributed by atoms with Gasteiger partial charge in [0.2, 0.25) is 11.8 Å². The summed E-state index contributed by atoms with van der Waals surface area (Å²) in [4.78, 5) is 24.6. The molecular weight excluding hydrogens is 280 g/mol. The second-order valence-corrected chi connectivity index (χ2v) is 6.73. The molecule has 7 heteroatoms. The minimum absolute atomic E-state index is 0.0811. The first-order chi connectivity index (χ1) is 9.38. The first kappa shape index (κ1) is 14.5. The molecule has 2 amide bonds. The zero-order chi connectivity index (χ0) is 14.8. The van der Waals surface area contributed by atoms with Gasteiger partial charge in [-0.3, -0.25) is 9.59 Å². The van der Waals surface area contributed by atoms with Gasteiger partial charge >= 0.3 is 0 Å². The molecule has 0 unspecified atom stereocenters. The van der Waals surface area contributed by atoms with Crippen molar-refractivity contribution in [3.63, 3.8) is 0 Å². The first-order valence-electron chi connectivity index (χ1n) is 6.22. The van der Waals surface area contributed by atoms with Crippen LogP contribution in [0.15, 0.2) is 29.2 Å². The molecule has 108 valence electrons. The fourth-order valence-electron chi connectivity index (χ4n) is 1.93. The number of carbonyl (C=O) groups excluding carboxylic acids is 2. The summed E-state index contributed by atoms with van der Waals surface area (Å²) in [5.41, 5.74) is 0.947. The van der Waals surface area contributed by atoms with Crippen LogP contribution in [0.3, 0.4) is 0 Å². The van der Waals surface area contributed by atoms with Gasteiger partial charge < -0.3 is 10.2 Å². The number of nitrogens with one attached hydrogen (secondary N) is 1. The van der Waals surface area contributed by atoms with Crippen molar-refractivity contribution in [3.8, 4) is 0 Å². The molecule has 1 saturated heterocycles. The Bertz CT molecular complexity index is 622. The Kier molecular flexibility index (Phi) is 4.08. The highest BCUT2D eigenvalue weighted by Crippen LogP contribution is 2.13. The largest absolute Gasteiger partial charge is 0.353 e. The van der Waals surface area contributed by atoms with Gasteiger partial charge in [-0.2, -0.15) is 0 Å². The van der Waals surface area contributed by atoms with Gasteiger partial charge in [-0.15, -0.1) is 0 Å². The average Bonchev–Trinajstić information content (AvgIpc) is 2.38. The van der Waals surface area contributed by atoms with E-state index < -0.39 is 21.5 Å². The van der Waals surface area contributed by atoms with E-state index in [1.54, 1.807) is 12.1 Å². The maximum absolute atomic E-state index is 12.1. The van der Waals surface area contributed by atoms with Crippen molar-refractivity contribution in [3.05, 3.63) is 29.8 Å². The molecule has 2 rings (SSSR count). The summed E-state index contributed by atoms with van der Waals surface area (Å²) in [6.07, 6.45) is 0. The Morgan fingerprint density at radius 2 is 1.95 bits per heavy atom. The number of sulfone groups is 1. The number of nitrogens with zero attached hydrogens (tertiary/aromatic N) is 1. The number of hydrogen-bond acceptors (Lipinski definition) is 4. The topological polar surface area (TPSA) is 83.6 Å². The number of hydrogen-bond donors (Lipinski definition) is 1. The third kappa shape index (κ3) is 3.36. The Morgan fingerprint density at radius 3 is 2.55 bits per heavy atom. The molecule has 0 radical (unpaired) electrons. The van der Waals surface area contributed by atoms with Crippen LogP contribution in [0, 0.1) is 6.92 Å². The predicted molar refractivity (Wildman–Crippen MR) is 72.8 cm³/mol. The van der Waals surface area contributed by atoms with Crippen LogP contribution < -0.4 is 5.32 Å². The molecule has 0 spiro atoms. The fourth-order valence-corrected chi connectivity index (χ4v) is 3.16. The highest BCUT2D eigenvalue weighted by molar-refractivity contribution is 7.92. The second-order valence-electron chi connectivity index (χ2n) is 4.74. The highest BCUT2D eigenvalue weighted by atomic mass is 32.2. The van der Waals surface area contributed by atoms with Crippen molar-refractivity contribution in [2.45, 2.75) is 11.8 Å². The Labute approximate surface area is 117 Å². The SMILES string of the molecule is Cc1ccc(S(=O)(=O)CC(=O)N2CCNC(=O)C2)cc1. The number of rotatable bonds is 3.